The van der Waals surface area contributed by atoms with Crippen molar-refractivity contribution in [2.45, 2.75) is 4.90 Å². The first-order chi connectivity index (χ1) is 11.8. The van der Waals surface area contributed by atoms with Gasteiger partial charge >= 0.3 is 0 Å². The average molecular weight is 359 g/mol. The number of para-hydroxylation sites is 1. The normalized spacial score (nSPS) is 11.4. The van der Waals surface area contributed by atoms with Crippen LogP contribution in [-0.4, -0.2) is 20.2 Å². The maximum Gasteiger partial charge on any atom is 0.286 e. The van der Waals surface area contributed by atoms with Crippen molar-refractivity contribution in [3.8, 4) is 0 Å². The molecule has 3 aromatic rings. The van der Waals surface area contributed by atoms with Gasteiger partial charge in [0.2, 0.25) is 15.8 Å². The number of furan rings is 1. The summed E-state index contributed by atoms with van der Waals surface area (Å²) < 4.78 is 27.9. The third-order valence-corrected chi connectivity index (χ3v) is 4.43. The second-order valence-electron chi connectivity index (χ2n) is 5.19. The first kappa shape index (κ1) is 16.7. The van der Waals surface area contributed by atoms with Gasteiger partial charge < -0.3 is 15.5 Å². The third kappa shape index (κ3) is 3.23. The zero-order chi connectivity index (χ0) is 18.2. The first-order valence-electron chi connectivity index (χ1n) is 7.03. The molecule has 0 saturated carbocycles. The monoisotopic (exact) mass is 359 g/mol. The van der Waals surface area contributed by atoms with Gasteiger partial charge in [0.15, 0.2) is 0 Å². The van der Waals surface area contributed by atoms with Gasteiger partial charge in [0.1, 0.15) is 11.3 Å². The highest BCUT2D eigenvalue weighted by molar-refractivity contribution is 7.89. The number of rotatable bonds is 4. The number of anilines is 1. The summed E-state index contributed by atoms with van der Waals surface area (Å²) in [6.07, 6.45) is 0. The number of nitrogens with one attached hydrogen (secondary N) is 1. The van der Waals surface area contributed by atoms with Crippen molar-refractivity contribution >= 4 is 38.5 Å². The molecular weight excluding hydrogens is 346 g/mol. The zero-order valence-corrected chi connectivity index (χ0v) is 13.5. The Labute approximate surface area is 142 Å². The van der Waals surface area contributed by atoms with Gasteiger partial charge in [-0.2, -0.15) is 0 Å². The number of primary sulfonamides is 1. The number of primary amides is 1. The average Bonchev–Trinajstić information content (AvgIpc) is 2.93. The predicted molar refractivity (Wildman–Crippen MR) is 90.5 cm³/mol. The molecule has 2 amide bonds. The van der Waals surface area contributed by atoms with Crippen LogP contribution in [0.15, 0.2) is 57.8 Å². The maximum atomic E-state index is 12.4. The molecule has 0 bridgehead atoms. The molecule has 0 saturated heterocycles. The molecule has 128 valence electrons. The van der Waals surface area contributed by atoms with Crippen molar-refractivity contribution in [2.24, 2.45) is 10.9 Å². The number of benzene rings is 2. The summed E-state index contributed by atoms with van der Waals surface area (Å²) in [6.45, 7) is 0. The quantitative estimate of drug-likeness (QED) is 0.645. The van der Waals surface area contributed by atoms with Crippen LogP contribution in [0, 0.1) is 0 Å². The molecule has 0 unspecified atom stereocenters. The second-order valence-corrected chi connectivity index (χ2v) is 6.75. The van der Waals surface area contributed by atoms with Gasteiger partial charge in [-0.05, 0) is 36.4 Å². The molecule has 0 aliphatic carbocycles. The van der Waals surface area contributed by atoms with Crippen molar-refractivity contribution in [2.75, 3.05) is 5.32 Å². The molecule has 5 N–H and O–H groups in total. The maximum absolute atomic E-state index is 12.4. The molecular formula is C16H13N3O5S. The van der Waals surface area contributed by atoms with Gasteiger partial charge in [-0.15, -0.1) is 0 Å². The molecule has 0 radical (unpaired) electrons. The van der Waals surface area contributed by atoms with E-state index in [-0.39, 0.29) is 21.9 Å². The minimum Gasteiger partial charge on any atom is -0.449 e. The highest BCUT2D eigenvalue weighted by atomic mass is 32.2. The number of carbonyl (C=O) groups excluding carboxylic acids is 2. The van der Waals surface area contributed by atoms with Gasteiger partial charge in [-0.1, -0.05) is 12.1 Å². The Balaban J connectivity index is 1.97. The number of carbonyl (C=O) groups is 2. The summed E-state index contributed by atoms with van der Waals surface area (Å²) in [5.74, 6) is -1.55. The fraction of sp³-hybridized carbons (Fsp3) is 0. The summed E-state index contributed by atoms with van der Waals surface area (Å²) in [4.78, 5) is 23.9. The number of sulfonamides is 1. The summed E-state index contributed by atoms with van der Waals surface area (Å²) in [7, 11) is -3.85. The van der Waals surface area contributed by atoms with Crippen LogP contribution in [-0.2, 0) is 10.0 Å². The Morgan fingerprint density at radius 1 is 1.00 bits per heavy atom. The number of amides is 2. The number of nitrogens with two attached hydrogens (primary N) is 2. The van der Waals surface area contributed by atoms with E-state index in [1.807, 2.05) is 0 Å². The van der Waals surface area contributed by atoms with Gasteiger partial charge in [0, 0.05) is 10.9 Å². The molecule has 0 fully saturated rings. The third-order valence-electron chi connectivity index (χ3n) is 3.50. The lowest BCUT2D eigenvalue weighted by atomic mass is 10.2. The van der Waals surface area contributed by atoms with Gasteiger partial charge in [0.05, 0.1) is 4.90 Å². The zero-order valence-electron chi connectivity index (χ0n) is 12.7. The van der Waals surface area contributed by atoms with Crippen molar-refractivity contribution in [3.63, 3.8) is 0 Å². The Morgan fingerprint density at radius 3 is 2.24 bits per heavy atom. The lowest BCUT2D eigenvalue weighted by Gasteiger charge is -2.06. The van der Waals surface area contributed by atoms with E-state index < -0.39 is 21.8 Å². The Morgan fingerprint density at radius 2 is 1.64 bits per heavy atom. The van der Waals surface area contributed by atoms with E-state index in [2.05, 4.69) is 5.32 Å². The molecule has 2 aromatic carbocycles. The molecule has 1 aromatic heterocycles. The lowest BCUT2D eigenvalue weighted by molar-refractivity contribution is 0.0977. The summed E-state index contributed by atoms with van der Waals surface area (Å²) in [6, 6.07) is 11.8. The largest absolute Gasteiger partial charge is 0.449 e. The molecule has 3 rings (SSSR count). The number of fused-ring (bicyclic) bond motifs is 1. The smallest absolute Gasteiger partial charge is 0.286 e. The summed E-state index contributed by atoms with van der Waals surface area (Å²) in [5, 5.41) is 8.11. The van der Waals surface area contributed by atoms with E-state index in [9.17, 15) is 18.0 Å². The topological polar surface area (TPSA) is 145 Å². The molecule has 1 heterocycles. The summed E-state index contributed by atoms with van der Waals surface area (Å²) >= 11 is 0. The molecule has 0 aliphatic heterocycles. The van der Waals surface area contributed by atoms with Crippen LogP contribution in [0.4, 0.5) is 5.69 Å². The Bertz CT molecular complexity index is 1080. The van der Waals surface area contributed by atoms with Gasteiger partial charge in [0.25, 0.3) is 11.8 Å². The van der Waals surface area contributed by atoms with E-state index in [1.54, 1.807) is 24.3 Å². The van der Waals surface area contributed by atoms with Crippen LogP contribution < -0.4 is 16.2 Å². The van der Waals surface area contributed by atoms with Crippen molar-refractivity contribution < 1.29 is 22.4 Å². The minimum atomic E-state index is -3.85. The highest BCUT2D eigenvalue weighted by Crippen LogP contribution is 2.31. The van der Waals surface area contributed by atoms with E-state index in [0.717, 1.165) is 0 Å². The molecule has 8 nitrogen and oxygen atoms in total. The van der Waals surface area contributed by atoms with E-state index in [0.29, 0.717) is 11.0 Å². The molecule has 25 heavy (non-hydrogen) atoms. The van der Waals surface area contributed by atoms with Gasteiger partial charge in [-0.25, -0.2) is 13.6 Å². The fourth-order valence-electron chi connectivity index (χ4n) is 2.32. The number of hydrogen-bond acceptors (Lipinski definition) is 5. The van der Waals surface area contributed by atoms with Crippen LogP contribution in [0.5, 0.6) is 0 Å². The van der Waals surface area contributed by atoms with E-state index in [1.165, 1.54) is 24.3 Å². The predicted octanol–water partition coefficient (Wildman–Crippen LogP) is 1.43. The van der Waals surface area contributed by atoms with Crippen LogP contribution >= 0.6 is 0 Å². The minimum absolute atomic E-state index is 0.115. The van der Waals surface area contributed by atoms with Crippen LogP contribution in [0.25, 0.3) is 11.0 Å². The Kier molecular flexibility index (Phi) is 4.03. The SMILES string of the molecule is NC(=O)c1oc2ccccc2c1NC(=O)c1ccc(S(N)(=O)=O)cc1. The van der Waals surface area contributed by atoms with Crippen LogP contribution in [0.1, 0.15) is 20.9 Å². The molecule has 0 spiro atoms. The first-order valence-corrected chi connectivity index (χ1v) is 8.57. The molecule has 0 atom stereocenters. The standard InChI is InChI=1S/C16H13N3O5S/c17-15(20)14-13(11-3-1-2-4-12(11)24-14)19-16(21)9-5-7-10(8-6-9)25(18,22)23/h1-8H,(H2,17,20)(H,19,21)(H2,18,22,23). The summed E-state index contributed by atoms with van der Waals surface area (Å²) in [5.41, 5.74) is 6.03. The van der Waals surface area contributed by atoms with Crippen molar-refractivity contribution in [1.29, 1.82) is 0 Å². The van der Waals surface area contributed by atoms with Crippen molar-refractivity contribution in [1.82, 2.24) is 0 Å². The van der Waals surface area contributed by atoms with E-state index >= 15 is 0 Å². The Hall–Kier alpha value is -3.17. The molecule has 9 heteroatoms. The second kappa shape index (κ2) is 6.04. The fourth-order valence-corrected chi connectivity index (χ4v) is 2.84. The highest BCUT2D eigenvalue weighted by Gasteiger charge is 2.21. The van der Waals surface area contributed by atoms with E-state index in [4.69, 9.17) is 15.3 Å². The van der Waals surface area contributed by atoms with Crippen molar-refractivity contribution in [3.05, 3.63) is 59.9 Å². The van der Waals surface area contributed by atoms with Crippen LogP contribution in [0.3, 0.4) is 0 Å². The molecule has 0 aliphatic rings. The van der Waals surface area contributed by atoms with Crippen LogP contribution in [0.2, 0.25) is 0 Å². The lowest BCUT2D eigenvalue weighted by Crippen LogP contribution is -2.17. The number of hydrogen-bond donors (Lipinski definition) is 3. The van der Waals surface area contributed by atoms with Gasteiger partial charge in [-0.3, -0.25) is 9.59 Å².